The summed E-state index contributed by atoms with van der Waals surface area (Å²) in [6.45, 7) is 3.72. The number of allylic oxidation sites excluding steroid dienone is 2. The lowest BCUT2D eigenvalue weighted by Gasteiger charge is -2.29. The van der Waals surface area contributed by atoms with Gasteiger partial charge in [-0.2, -0.15) is 0 Å². The summed E-state index contributed by atoms with van der Waals surface area (Å²) >= 11 is 0. The van der Waals surface area contributed by atoms with E-state index in [1.165, 1.54) is 0 Å². The van der Waals surface area contributed by atoms with E-state index >= 15 is 0 Å². The van der Waals surface area contributed by atoms with Gasteiger partial charge in [0.25, 0.3) is 0 Å². The van der Waals surface area contributed by atoms with Gasteiger partial charge in [-0.25, -0.2) is 0 Å². The second kappa shape index (κ2) is 6.86. The van der Waals surface area contributed by atoms with Crippen molar-refractivity contribution in [3.8, 4) is 5.75 Å². The number of hydrogen-bond donors (Lipinski definition) is 3. The highest BCUT2D eigenvalue weighted by molar-refractivity contribution is 5.77. The van der Waals surface area contributed by atoms with Crippen LogP contribution in [0, 0.1) is 0 Å². The smallest absolute Gasteiger partial charge is 0.126 e. The lowest BCUT2D eigenvalue weighted by atomic mass is 10.1. The SMILES string of the molecule is COc1ccccc1C(=C/N)/C=C(\N)N1CCNCC1. The van der Waals surface area contributed by atoms with Crippen LogP contribution in [0.3, 0.4) is 0 Å². The number of rotatable bonds is 4. The number of nitrogens with two attached hydrogens (primary N) is 2. The van der Waals surface area contributed by atoms with Crippen molar-refractivity contribution in [3.63, 3.8) is 0 Å². The Labute approximate surface area is 119 Å². The van der Waals surface area contributed by atoms with E-state index in [2.05, 4.69) is 10.2 Å². The molecule has 0 unspecified atom stereocenters. The standard InChI is InChI=1S/C15H22N4O/c1-20-14-5-3-2-4-13(14)12(11-16)10-15(17)19-8-6-18-7-9-19/h2-5,10-11,18H,6-9,16-17H2,1H3/b12-11+,15-10+. The van der Waals surface area contributed by atoms with Gasteiger partial charge in [-0.05, 0) is 12.1 Å². The van der Waals surface area contributed by atoms with Crippen molar-refractivity contribution in [3.05, 3.63) is 47.9 Å². The molecule has 0 aliphatic carbocycles. The number of piperazine rings is 1. The van der Waals surface area contributed by atoms with Crippen LogP contribution in [0.15, 0.2) is 42.4 Å². The van der Waals surface area contributed by atoms with Gasteiger partial charge >= 0.3 is 0 Å². The van der Waals surface area contributed by atoms with Crippen molar-refractivity contribution in [1.29, 1.82) is 0 Å². The number of nitrogens with zero attached hydrogens (tertiary/aromatic N) is 1. The third-order valence-corrected chi connectivity index (χ3v) is 3.38. The van der Waals surface area contributed by atoms with Crippen LogP contribution in [0.25, 0.3) is 5.57 Å². The first-order valence-electron chi connectivity index (χ1n) is 6.74. The van der Waals surface area contributed by atoms with Crippen LogP contribution in [-0.4, -0.2) is 38.2 Å². The van der Waals surface area contributed by atoms with Gasteiger partial charge in [-0.3, -0.25) is 0 Å². The summed E-state index contributed by atoms with van der Waals surface area (Å²) in [5.41, 5.74) is 13.7. The van der Waals surface area contributed by atoms with E-state index < -0.39 is 0 Å². The first kappa shape index (κ1) is 14.3. The predicted molar refractivity (Wildman–Crippen MR) is 81.9 cm³/mol. The lowest BCUT2D eigenvalue weighted by Crippen LogP contribution is -2.44. The monoisotopic (exact) mass is 274 g/mol. The molecule has 0 saturated carbocycles. The second-order valence-corrected chi connectivity index (χ2v) is 4.63. The Hall–Kier alpha value is -2.14. The van der Waals surface area contributed by atoms with Crippen LogP contribution in [0.2, 0.25) is 0 Å². The summed E-state index contributed by atoms with van der Waals surface area (Å²) in [5, 5.41) is 3.30. The molecule has 5 nitrogen and oxygen atoms in total. The number of para-hydroxylation sites is 1. The summed E-state index contributed by atoms with van der Waals surface area (Å²) in [5.74, 6) is 1.52. The molecule has 1 saturated heterocycles. The van der Waals surface area contributed by atoms with Crippen molar-refractivity contribution in [2.75, 3.05) is 33.3 Å². The Morgan fingerprint density at radius 3 is 2.65 bits per heavy atom. The summed E-state index contributed by atoms with van der Waals surface area (Å²) in [6, 6.07) is 7.77. The molecule has 1 aliphatic heterocycles. The Morgan fingerprint density at radius 1 is 1.30 bits per heavy atom. The van der Waals surface area contributed by atoms with Crippen LogP contribution in [0.5, 0.6) is 5.75 Å². The third-order valence-electron chi connectivity index (χ3n) is 3.38. The molecule has 1 aliphatic rings. The van der Waals surface area contributed by atoms with Crippen molar-refractivity contribution in [2.45, 2.75) is 0 Å². The zero-order chi connectivity index (χ0) is 14.4. The van der Waals surface area contributed by atoms with E-state index in [0.717, 1.165) is 48.9 Å². The number of ether oxygens (including phenoxy) is 1. The number of methoxy groups -OCH3 is 1. The first-order chi connectivity index (χ1) is 9.76. The molecular weight excluding hydrogens is 252 g/mol. The lowest BCUT2D eigenvalue weighted by molar-refractivity contribution is 0.296. The van der Waals surface area contributed by atoms with Gasteiger partial charge in [0.15, 0.2) is 0 Å². The molecule has 2 rings (SSSR count). The highest BCUT2D eigenvalue weighted by atomic mass is 16.5. The van der Waals surface area contributed by atoms with E-state index in [-0.39, 0.29) is 0 Å². The fraction of sp³-hybridized carbons (Fsp3) is 0.333. The normalized spacial score (nSPS) is 17.1. The van der Waals surface area contributed by atoms with Gasteiger partial charge < -0.3 is 26.4 Å². The van der Waals surface area contributed by atoms with Crippen molar-refractivity contribution >= 4 is 5.57 Å². The third kappa shape index (κ3) is 3.24. The molecule has 5 heteroatoms. The molecule has 0 amide bonds. The Balaban J connectivity index is 2.24. The summed E-state index contributed by atoms with van der Waals surface area (Å²) in [4.78, 5) is 2.15. The second-order valence-electron chi connectivity index (χ2n) is 4.63. The van der Waals surface area contributed by atoms with E-state index in [4.69, 9.17) is 16.2 Å². The number of benzene rings is 1. The molecule has 0 atom stereocenters. The van der Waals surface area contributed by atoms with Gasteiger partial charge in [0.1, 0.15) is 5.75 Å². The molecule has 0 spiro atoms. The summed E-state index contributed by atoms with van der Waals surface area (Å²) < 4.78 is 5.37. The first-order valence-corrected chi connectivity index (χ1v) is 6.74. The van der Waals surface area contributed by atoms with Crippen molar-refractivity contribution in [2.24, 2.45) is 11.5 Å². The minimum atomic E-state index is 0.731. The van der Waals surface area contributed by atoms with Crippen molar-refractivity contribution < 1.29 is 4.74 Å². The van der Waals surface area contributed by atoms with Gasteiger partial charge in [0, 0.05) is 43.5 Å². The summed E-state index contributed by atoms with van der Waals surface area (Å²) in [6.07, 6.45) is 3.47. The molecule has 20 heavy (non-hydrogen) atoms. The van der Waals surface area contributed by atoms with Gasteiger partial charge in [0.2, 0.25) is 0 Å². The molecule has 0 bridgehead atoms. The highest BCUT2D eigenvalue weighted by Crippen LogP contribution is 2.26. The van der Waals surface area contributed by atoms with Crippen molar-refractivity contribution in [1.82, 2.24) is 10.2 Å². The maximum absolute atomic E-state index is 6.18. The topological polar surface area (TPSA) is 76.5 Å². The highest BCUT2D eigenvalue weighted by Gasteiger charge is 2.12. The van der Waals surface area contributed by atoms with E-state index in [1.54, 1.807) is 13.3 Å². The zero-order valence-corrected chi connectivity index (χ0v) is 11.8. The average Bonchev–Trinajstić information content (AvgIpc) is 2.53. The molecule has 108 valence electrons. The van der Waals surface area contributed by atoms with Crippen LogP contribution in [0.1, 0.15) is 5.56 Å². The Kier molecular flexibility index (Phi) is 4.90. The maximum atomic E-state index is 6.18. The average molecular weight is 274 g/mol. The molecule has 0 radical (unpaired) electrons. The van der Waals surface area contributed by atoms with E-state index in [9.17, 15) is 0 Å². The Bertz CT molecular complexity index is 504. The van der Waals surface area contributed by atoms with Crippen LogP contribution < -0.4 is 21.5 Å². The largest absolute Gasteiger partial charge is 0.496 e. The zero-order valence-electron chi connectivity index (χ0n) is 11.8. The minimum absolute atomic E-state index is 0.731. The van der Waals surface area contributed by atoms with E-state index in [1.807, 2.05) is 30.3 Å². The van der Waals surface area contributed by atoms with E-state index in [0.29, 0.717) is 0 Å². The van der Waals surface area contributed by atoms with Gasteiger partial charge in [0.05, 0.1) is 12.9 Å². The fourth-order valence-electron chi connectivity index (χ4n) is 2.27. The molecule has 0 aromatic heterocycles. The molecule has 1 heterocycles. The maximum Gasteiger partial charge on any atom is 0.126 e. The fourth-order valence-corrected chi connectivity index (χ4v) is 2.27. The van der Waals surface area contributed by atoms with Gasteiger partial charge in [-0.15, -0.1) is 0 Å². The predicted octanol–water partition coefficient (Wildman–Crippen LogP) is 0.700. The van der Waals surface area contributed by atoms with Crippen LogP contribution in [0.4, 0.5) is 0 Å². The molecule has 1 aromatic carbocycles. The molecular formula is C15H22N4O. The molecule has 1 aromatic rings. The van der Waals surface area contributed by atoms with Crippen LogP contribution in [-0.2, 0) is 0 Å². The van der Waals surface area contributed by atoms with Crippen LogP contribution >= 0.6 is 0 Å². The van der Waals surface area contributed by atoms with Gasteiger partial charge in [-0.1, -0.05) is 18.2 Å². The summed E-state index contributed by atoms with van der Waals surface area (Å²) in [7, 11) is 1.65. The number of hydrogen-bond acceptors (Lipinski definition) is 5. The minimum Gasteiger partial charge on any atom is -0.496 e. The molecule has 5 N–H and O–H groups in total. The number of nitrogens with one attached hydrogen (secondary N) is 1. The molecule has 1 fully saturated rings. The Morgan fingerprint density at radius 2 is 2.00 bits per heavy atom. The quantitative estimate of drug-likeness (QED) is 0.705.